The van der Waals surface area contributed by atoms with E-state index in [0.717, 1.165) is 0 Å². The van der Waals surface area contributed by atoms with Gasteiger partial charge in [-0.1, -0.05) is 0 Å². The summed E-state index contributed by atoms with van der Waals surface area (Å²) < 4.78 is 27.8. The van der Waals surface area contributed by atoms with Crippen LogP contribution in [0.5, 0.6) is 0 Å². The number of ether oxygens (including phenoxy) is 5. The molecular formula is C11H17NO6. The number of carbonyl (C=O) groups is 1. The van der Waals surface area contributed by atoms with Crippen LogP contribution in [0.2, 0.25) is 0 Å². The van der Waals surface area contributed by atoms with Gasteiger partial charge >= 0.3 is 6.09 Å². The number of fused-ring (bicyclic) bond motifs is 1. The van der Waals surface area contributed by atoms with Crippen molar-refractivity contribution in [2.75, 3.05) is 20.3 Å². The Balaban J connectivity index is 1.81. The number of hydrogen-bond donors (Lipinski definition) is 1. The maximum absolute atomic E-state index is 11.1. The van der Waals surface area contributed by atoms with E-state index in [9.17, 15) is 4.79 Å². The molecule has 0 aromatic heterocycles. The normalized spacial score (nSPS) is 45.7. The molecule has 1 spiro atoms. The summed E-state index contributed by atoms with van der Waals surface area (Å²) in [7, 11) is 1.59. The summed E-state index contributed by atoms with van der Waals surface area (Å²) in [5.41, 5.74) is -0.742. The van der Waals surface area contributed by atoms with Crippen molar-refractivity contribution in [3.63, 3.8) is 0 Å². The van der Waals surface area contributed by atoms with Gasteiger partial charge in [0.15, 0.2) is 17.7 Å². The second-order valence-electron chi connectivity index (χ2n) is 5.24. The lowest BCUT2D eigenvalue weighted by molar-refractivity contribution is -0.249. The Morgan fingerprint density at radius 2 is 2.11 bits per heavy atom. The highest BCUT2D eigenvalue weighted by atomic mass is 16.8. The van der Waals surface area contributed by atoms with Gasteiger partial charge in [0.2, 0.25) is 0 Å². The highest BCUT2D eigenvalue weighted by Crippen LogP contribution is 2.43. The van der Waals surface area contributed by atoms with E-state index < -0.39 is 23.8 Å². The molecule has 3 fully saturated rings. The summed E-state index contributed by atoms with van der Waals surface area (Å²) in [4.78, 5) is 11.1. The molecule has 0 aliphatic carbocycles. The van der Waals surface area contributed by atoms with Crippen molar-refractivity contribution in [1.82, 2.24) is 5.32 Å². The summed E-state index contributed by atoms with van der Waals surface area (Å²) in [6.07, 6.45) is -1.60. The summed E-state index contributed by atoms with van der Waals surface area (Å²) in [5, 5.41) is 2.61. The van der Waals surface area contributed by atoms with Crippen LogP contribution in [0.1, 0.15) is 13.8 Å². The summed E-state index contributed by atoms with van der Waals surface area (Å²) in [6.45, 7) is 4.11. The highest BCUT2D eigenvalue weighted by molar-refractivity contribution is 5.68. The number of nitrogens with one attached hydrogen (secondary N) is 1. The standard InChI is InChI=1S/C11H17NO6/c1-10(2)16-6-7(14-3)11(18-8(6)17-10)4-12-9(13)15-5-11/h6-8H,4-5H2,1-3H3,(H,12,13). The lowest BCUT2D eigenvalue weighted by Gasteiger charge is -2.38. The molecule has 7 nitrogen and oxygen atoms in total. The molecule has 3 saturated heterocycles. The van der Waals surface area contributed by atoms with Gasteiger partial charge in [0.25, 0.3) is 0 Å². The number of carbonyl (C=O) groups excluding carboxylic acids is 1. The molecule has 4 unspecified atom stereocenters. The minimum Gasteiger partial charge on any atom is -0.446 e. The zero-order chi connectivity index (χ0) is 13.0. The highest BCUT2D eigenvalue weighted by Gasteiger charge is 2.63. The van der Waals surface area contributed by atoms with E-state index in [1.54, 1.807) is 7.11 Å². The van der Waals surface area contributed by atoms with Crippen LogP contribution in [0, 0.1) is 0 Å². The molecule has 1 N–H and O–H groups in total. The van der Waals surface area contributed by atoms with Gasteiger partial charge in [-0.25, -0.2) is 4.79 Å². The predicted molar refractivity (Wildman–Crippen MR) is 57.8 cm³/mol. The van der Waals surface area contributed by atoms with Gasteiger partial charge in [0, 0.05) is 7.11 Å². The minimum atomic E-state index is -0.742. The Hall–Kier alpha value is -0.890. The van der Waals surface area contributed by atoms with Gasteiger partial charge in [-0.2, -0.15) is 0 Å². The van der Waals surface area contributed by atoms with Crippen molar-refractivity contribution in [2.45, 2.75) is 43.7 Å². The third-order valence-electron chi connectivity index (χ3n) is 3.49. The SMILES string of the molecule is COC1C2OC(C)(C)OC2OC12CNC(=O)OC2. The number of amides is 1. The van der Waals surface area contributed by atoms with E-state index in [1.807, 2.05) is 13.8 Å². The van der Waals surface area contributed by atoms with Crippen LogP contribution in [-0.4, -0.2) is 56.2 Å². The van der Waals surface area contributed by atoms with Crippen LogP contribution in [0.4, 0.5) is 4.79 Å². The summed E-state index contributed by atoms with van der Waals surface area (Å²) in [5.74, 6) is -0.688. The van der Waals surface area contributed by atoms with Gasteiger partial charge in [0.05, 0.1) is 6.54 Å². The van der Waals surface area contributed by atoms with Crippen molar-refractivity contribution in [2.24, 2.45) is 0 Å². The van der Waals surface area contributed by atoms with Crippen LogP contribution in [0.25, 0.3) is 0 Å². The van der Waals surface area contributed by atoms with Gasteiger partial charge in [-0.15, -0.1) is 0 Å². The minimum absolute atomic E-state index is 0.136. The Kier molecular flexibility index (Phi) is 2.57. The van der Waals surface area contributed by atoms with Crippen molar-refractivity contribution in [1.29, 1.82) is 0 Å². The topological polar surface area (TPSA) is 75.3 Å². The Labute approximate surface area is 105 Å². The smallest absolute Gasteiger partial charge is 0.407 e. The van der Waals surface area contributed by atoms with Crippen LogP contribution in [0.3, 0.4) is 0 Å². The fourth-order valence-electron chi connectivity index (χ4n) is 2.77. The number of alkyl carbamates (subject to hydrolysis) is 1. The first-order chi connectivity index (χ1) is 8.46. The van der Waals surface area contributed by atoms with E-state index in [-0.39, 0.29) is 18.8 Å². The van der Waals surface area contributed by atoms with Crippen LogP contribution in [-0.2, 0) is 23.7 Å². The van der Waals surface area contributed by atoms with E-state index in [4.69, 9.17) is 23.7 Å². The zero-order valence-electron chi connectivity index (χ0n) is 10.6. The van der Waals surface area contributed by atoms with Crippen LogP contribution in [0.15, 0.2) is 0 Å². The van der Waals surface area contributed by atoms with E-state index >= 15 is 0 Å². The molecule has 3 aliphatic rings. The molecule has 0 radical (unpaired) electrons. The Morgan fingerprint density at radius 3 is 2.72 bits per heavy atom. The lowest BCUT2D eigenvalue weighted by atomic mass is 9.95. The largest absolute Gasteiger partial charge is 0.446 e. The third kappa shape index (κ3) is 1.70. The first-order valence-electron chi connectivity index (χ1n) is 5.93. The third-order valence-corrected chi connectivity index (χ3v) is 3.49. The summed E-state index contributed by atoms with van der Waals surface area (Å²) >= 11 is 0. The maximum Gasteiger partial charge on any atom is 0.407 e. The monoisotopic (exact) mass is 259 g/mol. The molecule has 3 heterocycles. The molecule has 1 amide bonds. The summed E-state index contributed by atoms with van der Waals surface area (Å²) in [6, 6.07) is 0. The Bertz CT molecular complexity index is 361. The predicted octanol–water partition coefficient (Wildman–Crippen LogP) is -0.0122. The molecule has 0 saturated carbocycles. The second kappa shape index (κ2) is 3.80. The Morgan fingerprint density at radius 1 is 1.33 bits per heavy atom. The molecule has 18 heavy (non-hydrogen) atoms. The number of hydrogen-bond acceptors (Lipinski definition) is 6. The van der Waals surface area contributed by atoms with Gasteiger partial charge in [-0.05, 0) is 13.8 Å². The first kappa shape index (κ1) is 12.2. The lowest BCUT2D eigenvalue weighted by Crippen LogP contribution is -2.60. The number of cyclic esters (lactones) is 1. The molecule has 3 rings (SSSR count). The quantitative estimate of drug-likeness (QED) is 0.713. The molecule has 0 aromatic rings. The molecule has 3 aliphatic heterocycles. The van der Waals surface area contributed by atoms with Crippen molar-refractivity contribution in [3.8, 4) is 0 Å². The van der Waals surface area contributed by atoms with E-state index in [0.29, 0.717) is 6.54 Å². The van der Waals surface area contributed by atoms with Gasteiger partial charge < -0.3 is 29.0 Å². The first-order valence-corrected chi connectivity index (χ1v) is 5.93. The molecule has 102 valence electrons. The van der Waals surface area contributed by atoms with Gasteiger partial charge in [-0.3, -0.25) is 0 Å². The maximum atomic E-state index is 11.1. The molecule has 7 heteroatoms. The zero-order valence-corrected chi connectivity index (χ0v) is 10.6. The van der Waals surface area contributed by atoms with Crippen molar-refractivity contribution in [3.05, 3.63) is 0 Å². The molecular weight excluding hydrogens is 242 g/mol. The van der Waals surface area contributed by atoms with Crippen molar-refractivity contribution >= 4 is 6.09 Å². The van der Waals surface area contributed by atoms with Crippen LogP contribution < -0.4 is 5.32 Å². The van der Waals surface area contributed by atoms with Gasteiger partial charge in [0.1, 0.15) is 18.8 Å². The van der Waals surface area contributed by atoms with E-state index in [1.165, 1.54) is 0 Å². The fourth-order valence-corrected chi connectivity index (χ4v) is 2.77. The van der Waals surface area contributed by atoms with Crippen molar-refractivity contribution < 1.29 is 28.5 Å². The fraction of sp³-hybridized carbons (Fsp3) is 0.909. The number of rotatable bonds is 1. The average Bonchev–Trinajstić information content (AvgIpc) is 2.71. The van der Waals surface area contributed by atoms with Crippen LogP contribution >= 0.6 is 0 Å². The molecule has 4 atom stereocenters. The average molecular weight is 259 g/mol. The number of methoxy groups -OCH3 is 1. The van der Waals surface area contributed by atoms with E-state index in [2.05, 4.69) is 5.32 Å². The second-order valence-corrected chi connectivity index (χ2v) is 5.24. The molecule has 0 aromatic carbocycles. The molecule has 0 bridgehead atoms.